The first kappa shape index (κ1) is 9.99. The zero-order valence-corrected chi connectivity index (χ0v) is 8.24. The standard InChI is InChI=1S/C10H13F3O/c1-8(2)6-3-4-9(8,7(11)14)10(12,13)5-6/h6H,3-5H2,1-2H3/t6-,9+/m1/s1. The molecule has 2 saturated carbocycles. The lowest BCUT2D eigenvalue weighted by atomic mass is 9.68. The van der Waals surface area contributed by atoms with Crippen LogP contribution in [0.15, 0.2) is 0 Å². The van der Waals surface area contributed by atoms with Crippen LogP contribution in [-0.2, 0) is 4.79 Å². The maximum absolute atomic E-state index is 13.6. The third-order valence-corrected chi connectivity index (χ3v) is 4.45. The van der Waals surface area contributed by atoms with Crippen LogP contribution < -0.4 is 0 Å². The summed E-state index contributed by atoms with van der Waals surface area (Å²) in [5.41, 5.74) is -2.94. The molecule has 14 heavy (non-hydrogen) atoms. The predicted octanol–water partition coefficient (Wildman–Crippen LogP) is 2.94. The topological polar surface area (TPSA) is 17.1 Å². The van der Waals surface area contributed by atoms with E-state index in [-0.39, 0.29) is 18.8 Å². The smallest absolute Gasteiger partial charge is 0.260 e. The molecule has 0 saturated heterocycles. The van der Waals surface area contributed by atoms with Crippen LogP contribution in [0.5, 0.6) is 0 Å². The van der Waals surface area contributed by atoms with Gasteiger partial charge in [0.1, 0.15) is 5.41 Å². The van der Waals surface area contributed by atoms with Gasteiger partial charge in [-0.3, -0.25) is 4.79 Å². The molecular weight excluding hydrogens is 193 g/mol. The zero-order chi connectivity index (χ0) is 10.8. The van der Waals surface area contributed by atoms with Gasteiger partial charge in [0.2, 0.25) is 0 Å². The van der Waals surface area contributed by atoms with Crippen molar-refractivity contribution in [2.75, 3.05) is 0 Å². The number of rotatable bonds is 1. The number of hydrogen-bond donors (Lipinski definition) is 0. The van der Waals surface area contributed by atoms with Gasteiger partial charge in [0, 0.05) is 6.42 Å². The lowest BCUT2D eigenvalue weighted by Gasteiger charge is -2.37. The number of halogens is 3. The third-order valence-electron chi connectivity index (χ3n) is 4.45. The Morgan fingerprint density at radius 3 is 2.14 bits per heavy atom. The van der Waals surface area contributed by atoms with Crippen molar-refractivity contribution in [3.05, 3.63) is 0 Å². The van der Waals surface area contributed by atoms with Crippen LogP contribution in [0.2, 0.25) is 0 Å². The van der Waals surface area contributed by atoms with Crippen LogP contribution in [0.4, 0.5) is 13.2 Å². The summed E-state index contributed by atoms with van der Waals surface area (Å²) in [6.07, 6.45) is 0.195. The second-order valence-electron chi connectivity index (χ2n) is 5.04. The summed E-state index contributed by atoms with van der Waals surface area (Å²) in [4.78, 5) is 10.9. The van der Waals surface area contributed by atoms with E-state index in [2.05, 4.69) is 0 Å². The molecule has 0 aromatic heterocycles. The minimum absolute atomic E-state index is 0.00694. The van der Waals surface area contributed by atoms with Crippen molar-refractivity contribution >= 4 is 6.04 Å². The maximum atomic E-state index is 13.6. The first-order chi connectivity index (χ1) is 6.26. The molecule has 2 aliphatic rings. The van der Waals surface area contributed by atoms with Crippen molar-refractivity contribution in [2.24, 2.45) is 16.7 Å². The molecule has 0 N–H and O–H groups in total. The molecule has 2 aliphatic carbocycles. The van der Waals surface area contributed by atoms with Gasteiger partial charge in [-0.25, -0.2) is 8.78 Å². The summed E-state index contributed by atoms with van der Waals surface area (Å²) >= 11 is 0. The van der Waals surface area contributed by atoms with Gasteiger partial charge in [0.15, 0.2) is 0 Å². The van der Waals surface area contributed by atoms with Gasteiger partial charge >= 0.3 is 6.04 Å². The molecule has 2 atom stereocenters. The van der Waals surface area contributed by atoms with Crippen LogP contribution in [-0.4, -0.2) is 12.0 Å². The van der Waals surface area contributed by atoms with Gasteiger partial charge in [0.05, 0.1) is 0 Å². The second kappa shape index (κ2) is 2.34. The lowest BCUT2D eigenvalue weighted by Crippen LogP contribution is -2.48. The Morgan fingerprint density at radius 1 is 1.36 bits per heavy atom. The molecule has 0 heterocycles. The quantitative estimate of drug-likeness (QED) is 0.603. The van der Waals surface area contributed by atoms with E-state index in [1.807, 2.05) is 0 Å². The Morgan fingerprint density at radius 2 is 1.93 bits per heavy atom. The van der Waals surface area contributed by atoms with Crippen LogP contribution in [0.3, 0.4) is 0 Å². The highest BCUT2D eigenvalue weighted by Crippen LogP contribution is 2.72. The molecule has 0 aromatic carbocycles. The minimum Gasteiger partial charge on any atom is -0.260 e. The van der Waals surface area contributed by atoms with Crippen LogP contribution in [0.25, 0.3) is 0 Å². The molecule has 1 nitrogen and oxygen atoms in total. The van der Waals surface area contributed by atoms with Gasteiger partial charge in [-0.05, 0) is 24.2 Å². The normalized spacial score (nSPS) is 42.8. The zero-order valence-electron chi connectivity index (χ0n) is 8.24. The van der Waals surface area contributed by atoms with Gasteiger partial charge in [-0.15, -0.1) is 0 Å². The third kappa shape index (κ3) is 0.766. The van der Waals surface area contributed by atoms with Gasteiger partial charge in [-0.1, -0.05) is 13.8 Å². The fourth-order valence-corrected chi connectivity index (χ4v) is 3.41. The number of carbonyl (C=O) groups excluding carboxylic acids is 1. The Kier molecular flexibility index (Phi) is 1.67. The SMILES string of the molecule is CC1(C)[C@@H]2CC[C@@]1(C(=O)F)C(F)(F)C2. The van der Waals surface area contributed by atoms with Gasteiger partial charge in [0.25, 0.3) is 5.92 Å². The van der Waals surface area contributed by atoms with Crippen molar-refractivity contribution < 1.29 is 18.0 Å². The van der Waals surface area contributed by atoms with Crippen LogP contribution >= 0.6 is 0 Å². The number of carbonyl (C=O) groups is 1. The molecule has 4 heteroatoms. The number of hydrogen-bond acceptors (Lipinski definition) is 1. The molecule has 0 aliphatic heterocycles. The fourth-order valence-electron chi connectivity index (χ4n) is 3.41. The van der Waals surface area contributed by atoms with E-state index in [1.54, 1.807) is 13.8 Å². The van der Waals surface area contributed by atoms with Gasteiger partial charge in [-0.2, -0.15) is 4.39 Å². The Labute approximate surface area is 80.7 Å². The van der Waals surface area contributed by atoms with E-state index in [1.165, 1.54) is 0 Å². The van der Waals surface area contributed by atoms with Crippen molar-refractivity contribution in [2.45, 2.75) is 39.0 Å². The summed E-state index contributed by atoms with van der Waals surface area (Å²) in [5, 5.41) is 0. The molecule has 0 spiro atoms. The summed E-state index contributed by atoms with van der Waals surface area (Å²) in [7, 11) is 0. The molecular formula is C10H13F3O. The monoisotopic (exact) mass is 206 g/mol. The van der Waals surface area contributed by atoms with Crippen LogP contribution in [0.1, 0.15) is 33.1 Å². The van der Waals surface area contributed by atoms with E-state index in [0.29, 0.717) is 6.42 Å². The van der Waals surface area contributed by atoms with Gasteiger partial charge < -0.3 is 0 Å². The molecule has 2 rings (SSSR count). The molecule has 0 unspecified atom stereocenters. The Hall–Kier alpha value is -0.540. The van der Waals surface area contributed by atoms with Crippen molar-refractivity contribution in [1.29, 1.82) is 0 Å². The summed E-state index contributed by atoms with van der Waals surface area (Å²) in [6, 6.07) is -1.83. The Balaban J connectivity index is 2.58. The number of fused-ring (bicyclic) bond motifs is 2. The molecule has 2 fully saturated rings. The predicted molar refractivity (Wildman–Crippen MR) is 44.6 cm³/mol. The molecule has 2 bridgehead atoms. The largest absolute Gasteiger partial charge is 0.314 e. The van der Waals surface area contributed by atoms with Crippen molar-refractivity contribution in [1.82, 2.24) is 0 Å². The highest BCUT2D eigenvalue weighted by molar-refractivity contribution is 5.79. The average molecular weight is 206 g/mol. The van der Waals surface area contributed by atoms with E-state index in [9.17, 15) is 18.0 Å². The molecule has 0 amide bonds. The van der Waals surface area contributed by atoms with E-state index in [0.717, 1.165) is 0 Å². The fraction of sp³-hybridized carbons (Fsp3) is 0.900. The molecule has 0 aromatic rings. The first-order valence-electron chi connectivity index (χ1n) is 4.83. The summed E-state index contributed by atoms with van der Waals surface area (Å²) < 4.78 is 40.1. The second-order valence-corrected chi connectivity index (χ2v) is 5.04. The summed E-state index contributed by atoms with van der Waals surface area (Å²) in [6.45, 7) is 3.17. The van der Waals surface area contributed by atoms with E-state index >= 15 is 0 Å². The summed E-state index contributed by atoms with van der Waals surface area (Å²) in [5.74, 6) is -3.39. The first-order valence-corrected chi connectivity index (χ1v) is 4.83. The van der Waals surface area contributed by atoms with Crippen LogP contribution in [0, 0.1) is 16.7 Å². The van der Waals surface area contributed by atoms with E-state index < -0.39 is 22.8 Å². The maximum Gasteiger partial charge on any atom is 0.314 e. The minimum atomic E-state index is -3.16. The Bertz CT molecular complexity index is 298. The lowest BCUT2D eigenvalue weighted by molar-refractivity contribution is -0.177. The molecule has 80 valence electrons. The average Bonchev–Trinajstić information content (AvgIpc) is 2.31. The van der Waals surface area contributed by atoms with Crippen molar-refractivity contribution in [3.8, 4) is 0 Å². The highest BCUT2D eigenvalue weighted by atomic mass is 19.3. The van der Waals surface area contributed by atoms with Crippen molar-refractivity contribution in [3.63, 3.8) is 0 Å². The highest BCUT2D eigenvalue weighted by Gasteiger charge is 2.77. The van der Waals surface area contributed by atoms with E-state index in [4.69, 9.17) is 0 Å². The number of alkyl halides is 2. The molecule has 0 radical (unpaired) electrons.